The molecule has 8 heteroatoms. The van der Waals surface area contributed by atoms with Crippen molar-refractivity contribution in [3.05, 3.63) is 36.7 Å². The van der Waals surface area contributed by atoms with Crippen LogP contribution in [0.25, 0.3) is 0 Å². The molecule has 0 aromatic carbocycles. The number of anilines is 2. The highest BCUT2D eigenvalue weighted by Gasteiger charge is 2.18. The van der Waals surface area contributed by atoms with E-state index in [0.29, 0.717) is 18.2 Å². The fourth-order valence-corrected chi connectivity index (χ4v) is 2.61. The van der Waals surface area contributed by atoms with Crippen molar-refractivity contribution < 1.29 is 13.2 Å². The molecule has 0 aliphatic carbocycles. The van der Waals surface area contributed by atoms with Crippen LogP contribution in [0.2, 0.25) is 0 Å². The third-order valence-electron chi connectivity index (χ3n) is 2.34. The summed E-state index contributed by atoms with van der Waals surface area (Å²) >= 11 is 0. The Kier molecular flexibility index (Phi) is 4.04. The molecule has 3 N–H and O–H groups in total. The van der Waals surface area contributed by atoms with E-state index in [-0.39, 0.29) is 10.7 Å². The zero-order valence-corrected chi connectivity index (χ0v) is 11.6. The van der Waals surface area contributed by atoms with Crippen molar-refractivity contribution in [2.75, 3.05) is 17.1 Å². The van der Waals surface area contributed by atoms with Crippen LogP contribution in [0.4, 0.5) is 11.4 Å². The fraction of sp³-hybridized carbons (Fsp3) is 0.167. The predicted molar refractivity (Wildman–Crippen MR) is 74.9 cm³/mol. The van der Waals surface area contributed by atoms with E-state index in [0.717, 1.165) is 0 Å². The highest BCUT2D eigenvalue weighted by atomic mass is 32.2. The van der Waals surface area contributed by atoms with E-state index in [1.165, 1.54) is 18.5 Å². The maximum atomic E-state index is 12.1. The number of rotatable bonds is 5. The molecule has 0 atom stereocenters. The third-order valence-corrected chi connectivity index (χ3v) is 3.69. The van der Waals surface area contributed by atoms with E-state index in [9.17, 15) is 8.42 Å². The molecule has 2 rings (SSSR count). The predicted octanol–water partition coefficient (Wildman–Crippen LogP) is 1.26. The molecule has 0 amide bonds. The lowest BCUT2D eigenvalue weighted by atomic mass is 10.4. The number of pyridine rings is 2. The van der Waals surface area contributed by atoms with E-state index in [1.54, 1.807) is 18.2 Å². The Balaban J connectivity index is 2.22. The van der Waals surface area contributed by atoms with Gasteiger partial charge in [0.2, 0.25) is 5.88 Å². The lowest BCUT2D eigenvalue weighted by molar-refractivity contribution is 0.327. The van der Waals surface area contributed by atoms with Crippen LogP contribution in [-0.2, 0) is 10.0 Å². The number of hydrogen-bond acceptors (Lipinski definition) is 6. The van der Waals surface area contributed by atoms with Gasteiger partial charge in [0, 0.05) is 12.3 Å². The van der Waals surface area contributed by atoms with Crippen molar-refractivity contribution in [2.24, 2.45) is 0 Å². The van der Waals surface area contributed by atoms with Gasteiger partial charge in [-0.05, 0) is 25.1 Å². The summed E-state index contributed by atoms with van der Waals surface area (Å²) in [5.41, 5.74) is 5.99. The second kappa shape index (κ2) is 5.74. The highest BCUT2D eigenvalue weighted by Crippen LogP contribution is 2.19. The number of nitrogens with one attached hydrogen (secondary N) is 1. The minimum atomic E-state index is -3.84. The molecule has 106 valence electrons. The molecule has 0 saturated heterocycles. The minimum absolute atomic E-state index is 0.0823. The van der Waals surface area contributed by atoms with Crippen molar-refractivity contribution in [1.29, 1.82) is 0 Å². The Morgan fingerprint density at radius 3 is 2.70 bits per heavy atom. The zero-order chi connectivity index (χ0) is 14.6. The summed E-state index contributed by atoms with van der Waals surface area (Å²) in [5.74, 6) is 0.424. The first-order valence-corrected chi connectivity index (χ1v) is 7.33. The number of nitrogen functional groups attached to an aromatic ring is 1. The van der Waals surface area contributed by atoms with E-state index in [2.05, 4.69) is 14.7 Å². The number of aromatic nitrogens is 2. The van der Waals surface area contributed by atoms with Gasteiger partial charge < -0.3 is 10.5 Å². The summed E-state index contributed by atoms with van der Waals surface area (Å²) in [6.07, 6.45) is 2.73. The van der Waals surface area contributed by atoms with Gasteiger partial charge in [0.25, 0.3) is 10.0 Å². The largest absolute Gasteiger partial charge is 0.478 e. The van der Waals surface area contributed by atoms with Gasteiger partial charge in [-0.15, -0.1) is 0 Å². The van der Waals surface area contributed by atoms with Gasteiger partial charge in [0.05, 0.1) is 24.2 Å². The average Bonchev–Trinajstić information content (AvgIpc) is 2.41. The first-order chi connectivity index (χ1) is 9.53. The van der Waals surface area contributed by atoms with Crippen molar-refractivity contribution in [2.45, 2.75) is 11.9 Å². The van der Waals surface area contributed by atoms with Crippen molar-refractivity contribution in [3.8, 4) is 5.88 Å². The molecule has 0 bridgehead atoms. The second-order valence-electron chi connectivity index (χ2n) is 3.82. The smallest absolute Gasteiger partial charge is 0.281 e. The topological polar surface area (TPSA) is 107 Å². The third kappa shape index (κ3) is 3.15. The number of ether oxygens (including phenoxy) is 1. The first-order valence-electron chi connectivity index (χ1n) is 5.85. The van der Waals surface area contributed by atoms with Crippen LogP contribution < -0.4 is 15.2 Å². The average molecular weight is 294 g/mol. The molecule has 2 heterocycles. The Bertz CT molecular complexity index is 686. The Hall–Kier alpha value is -2.35. The van der Waals surface area contributed by atoms with Crippen molar-refractivity contribution in [1.82, 2.24) is 9.97 Å². The zero-order valence-electron chi connectivity index (χ0n) is 10.8. The standard InChI is InChI=1S/C12H14N4O3S/c1-2-19-11-6-5-9(8-15-11)16-20(17,18)12-10(13)4-3-7-14-12/h3-8,16H,2,13H2,1H3. The van der Waals surface area contributed by atoms with Gasteiger partial charge in [-0.1, -0.05) is 0 Å². The molecule has 0 spiro atoms. The number of sulfonamides is 1. The van der Waals surface area contributed by atoms with Crippen molar-refractivity contribution >= 4 is 21.4 Å². The van der Waals surface area contributed by atoms with E-state index < -0.39 is 10.0 Å². The molecule has 0 aliphatic rings. The quantitative estimate of drug-likeness (QED) is 0.859. The van der Waals surface area contributed by atoms with Crippen LogP contribution in [0, 0.1) is 0 Å². The highest BCUT2D eigenvalue weighted by molar-refractivity contribution is 7.92. The molecule has 2 aromatic rings. The number of nitrogens with zero attached hydrogens (tertiary/aromatic N) is 2. The van der Waals surface area contributed by atoms with E-state index in [1.807, 2.05) is 6.92 Å². The van der Waals surface area contributed by atoms with Crippen LogP contribution in [0.5, 0.6) is 5.88 Å². The van der Waals surface area contributed by atoms with E-state index in [4.69, 9.17) is 10.5 Å². The maximum Gasteiger partial charge on any atom is 0.281 e. The van der Waals surface area contributed by atoms with Crippen LogP contribution in [-0.4, -0.2) is 25.0 Å². The molecule has 0 unspecified atom stereocenters. The summed E-state index contributed by atoms with van der Waals surface area (Å²) in [6.45, 7) is 2.32. The maximum absolute atomic E-state index is 12.1. The van der Waals surface area contributed by atoms with Crippen LogP contribution in [0.15, 0.2) is 41.7 Å². The molecule has 2 aromatic heterocycles. The molecule has 7 nitrogen and oxygen atoms in total. The molecule has 0 saturated carbocycles. The lowest BCUT2D eigenvalue weighted by Gasteiger charge is -2.09. The molecule has 0 aliphatic heterocycles. The number of hydrogen-bond donors (Lipinski definition) is 2. The Morgan fingerprint density at radius 1 is 1.30 bits per heavy atom. The van der Waals surface area contributed by atoms with Gasteiger partial charge in [-0.25, -0.2) is 9.97 Å². The van der Waals surface area contributed by atoms with Gasteiger partial charge in [-0.2, -0.15) is 8.42 Å². The first kappa shape index (κ1) is 14.1. The molecule has 0 fully saturated rings. The SMILES string of the molecule is CCOc1ccc(NS(=O)(=O)c2ncccc2N)cn1. The summed E-state index contributed by atoms with van der Waals surface area (Å²) in [5, 5.41) is -0.214. The van der Waals surface area contributed by atoms with Gasteiger partial charge >= 0.3 is 0 Å². The van der Waals surface area contributed by atoms with Gasteiger partial charge in [0.15, 0.2) is 5.03 Å². The Morgan fingerprint density at radius 2 is 2.10 bits per heavy atom. The Labute approximate surface area is 116 Å². The van der Waals surface area contributed by atoms with Gasteiger partial charge in [0.1, 0.15) is 0 Å². The lowest BCUT2D eigenvalue weighted by Crippen LogP contribution is -2.16. The summed E-state index contributed by atoms with van der Waals surface area (Å²) in [4.78, 5) is 7.74. The normalized spacial score (nSPS) is 11.1. The van der Waals surface area contributed by atoms with Crippen molar-refractivity contribution in [3.63, 3.8) is 0 Å². The summed E-state index contributed by atoms with van der Waals surface area (Å²) in [6, 6.07) is 6.16. The summed E-state index contributed by atoms with van der Waals surface area (Å²) in [7, 11) is -3.84. The van der Waals surface area contributed by atoms with Crippen LogP contribution in [0.3, 0.4) is 0 Å². The molecule has 0 radical (unpaired) electrons. The summed E-state index contributed by atoms with van der Waals surface area (Å²) < 4.78 is 31.8. The van der Waals surface area contributed by atoms with Gasteiger partial charge in [-0.3, -0.25) is 4.72 Å². The molecular formula is C12H14N4O3S. The fourth-order valence-electron chi connectivity index (χ4n) is 1.51. The van der Waals surface area contributed by atoms with Crippen LogP contribution >= 0.6 is 0 Å². The number of nitrogens with two attached hydrogens (primary N) is 1. The van der Waals surface area contributed by atoms with E-state index >= 15 is 0 Å². The monoisotopic (exact) mass is 294 g/mol. The molecule has 20 heavy (non-hydrogen) atoms. The minimum Gasteiger partial charge on any atom is -0.478 e. The molecular weight excluding hydrogens is 280 g/mol. The second-order valence-corrected chi connectivity index (χ2v) is 5.42. The van der Waals surface area contributed by atoms with Crippen LogP contribution in [0.1, 0.15) is 6.92 Å².